The van der Waals surface area contributed by atoms with Crippen LogP contribution in [0.15, 0.2) is 11.6 Å². The van der Waals surface area contributed by atoms with Crippen LogP contribution in [0.5, 0.6) is 0 Å². The van der Waals surface area contributed by atoms with E-state index in [1.807, 2.05) is 0 Å². The molecule has 4 saturated carbocycles. The largest absolute Gasteiger partial charge is 0.479 e. The summed E-state index contributed by atoms with van der Waals surface area (Å²) in [7, 11) is 0. The van der Waals surface area contributed by atoms with Gasteiger partial charge in [-0.1, -0.05) is 53.2 Å². The van der Waals surface area contributed by atoms with Crippen LogP contribution >= 0.6 is 0 Å². The predicted molar refractivity (Wildman–Crippen MR) is 341 cm³/mol. The Morgan fingerprint density at radius 3 is 1.67 bits per heavy atom. The van der Waals surface area contributed by atoms with Crippen LogP contribution in [0.2, 0.25) is 0 Å². The molecule has 104 heavy (non-hydrogen) atoms. The summed E-state index contributed by atoms with van der Waals surface area (Å²) in [6.45, 7) is 13.3. The Morgan fingerprint density at radius 2 is 1.05 bits per heavy atom. The van der Waals surface area contributed by atoms with E-state index in [-0.39, 0.29) is 30.1 Å². The number of hydrogen-bond donors (Lipinski definition) is 18. The quantitative estimate of drug-likeness (QED) is 0.0280. The second kappa shape index (κ2) is 30.7. The van der Waals surface area contributed by atoms with Crippen molar-refractivity contribution in [3.63, 3.8) is 0 Å². The van der Waals surface area contributed by atoms with Crippen molar-refractivity contribution in [3.05, 3.63) is 11.6 Å². The van der Waals surface area contributed by atoms with Gasteiger partial charge < -0.3 is 163 Å². The number of ether oxygens (including phenoxy) is 14. The first-order valence-electron chi connectivity index (χ1n) is 36.3. The standard InChI is InChI=1S/C69H108O35/c1-24-37(75)42(80)54(102-61-47(85)43(81)50(25(2)95-61)98-60-49(87)51(32(74)22-93-60)99-58-44(82)38(76)30(72)20-91-58)63(94-24)104-57(90)28-18-65(3,4)17-27-26(28)11-15-68(7)29(27)9-10-35-66(5)14-13-36(67(6,23-71)34(66)12-16-69(35,68)8)97-64-55(103-59-45(83)39(77)31(73)21-92-59)52(48(86)53(101-64)56(88)89)100-62-46(84)41(79)40(78)33(19-70)96-62/h9,23-28,30-55,58-64,70,72-87H,10-22H2,1-8H3,(H,88,89). The van der Waals surface area contributed by atoms with Gasteiger partial charge in [0.2, 0.25) is 6.29 Å². The molecule has 0 radical (unpaired) electrons. The van der Waals surface area contributed by atoms with Crippen LogP contribution in [-0.2, 0) is 80.7 Å². The lowest BCUT2D eigenvalue weighted by Gasteiger charge is -2.70. The van der Waals surface area contributed by atoms with Crippen LogP contribution in [0.4, 0.5) is 0 Å². The Balaban J connectivity index is 0.743. The van der Waals surface area contributed by atoms with Crippen molar-refractivity contribution in [1.29, 1.82) is 0 Å². The minimum Gasteiger partial charge on any atom is -0.479 e. The summed E-state index contributed by atoms with van der Waals surface area (Å²) in [6.07, 6.45) is -49.2. The number of carbonyl (C=O) groups excluding carboxylic acids is 2. The third-order valence-corrected chi connectivity index (χ3v) is 26.2. The van der Waals surface area contributed by atoms with E-state index in [1.54, 1.807) is 6.92 Å². The molecule has 0 aromatic heterocycles. The summed E-state index contributed by atoms with van der Waals surface area (Å²) >= 11 is 0. The number of hydrogen-bond acceptors (Lipinski definition) is 34. The van der Waals surface area contributed by atoms with Gasteiger partial charge in [-0.15, -0.1) is 0 Å². The normalized spacial score (nSPS) is 54.8. The second-order valence-corrected chi connectivity index (χ2v) is 33.0. The molecule has 18 N–H and O–H groups in total. The summed E-state index contributed by atoms with van der Waals surface area (Å²) in [4.78, 5) is 42.3. The van der Waals surface area contributed by atoms with E-state index in [2.05, 4.69) is 40.7 Å². The zero-order valence-corrected chi connectivity index (χ0v) is 59.3. The fourth-order valence-corrected chi connectivity index (χ4v) is 20.1. The van der Waals surface area contributed by atoms with Crippen molar-refractivity contribution in [2.45, 2.75) is 316 Å². The number of rotatable bonds is 17. The van der Waals surface area contributed by atoms with Gasteiger partial charge in [-0.3, -0.25) is 4.79 Å². The fourth-order valence-electron chi connectivity index (χ4n) is 20.1. The molecular weight excluding hydrogens is 1390 g/mol. The highest BCUT2D eigenvalue weighted by molar-refractivity contribution is 5.74. The van der Waals surface area contributed by atoms with E-state index in [1.165, 1.54) is 19.4 Å². The van der Waals surface area contributed by atoms with E-state index in [4.69, 9.17) is 66.3 Å². The third kappa shape index (κ3) is 14.2. The van der Waals surface area contributed by atoms with Crippen LogP contribution in [0.1, 0.15) is 113 Å². The summed E-state index contributed by atoms with van der Waals surface area (Å²) in [6, 6.07) is 0. The number of aliphatic carboxylic acids is 1. The Morgan fingerprint density at radius 1 is 0.500 bits per heavy atom. The van der Waals surface area contributed by atoms with Gasteiger partial charge in [0.25, 0.3) is 0 Å². The zero-order valence-electron chi connectivity index (χ0n) is 59.3. The predicted octanol–water partition coefficient (Wildman–Crippen LogP) is -5.46. The number of carboxylic acids is 1. The molecule has 35 heteroatoms. The minimum absolute atomic E-state index is 0.0403. The highest BCUT2D eigenvalue weighted by atomic mass is 16.8. The van der Waals surface area contributed by atoms with Crippen LogP contribution < -0.4 is 0 Å². The number of carbonyl (C=O) groups is 3. The molecule has 5 aliphatic carbocycles. The van der Waals surface area contributed by atoms with Gasteiger partial charge in [0.05, 0.1) is 56.1 Å². The molecule has 0 aromatic carbocycles. The number of esters is 1. The number of allylic oxidation sites excluding steroid dienone is 2. The van der Waals surface area contributed by atoms with Crippen LogP contribution in [0.3, 0.4) is 0 Å². The SMILES string of the molecule is CC1OC(OC(=O)C2CC(C)(C)CC3C4=CCC5C6(C)CCC(OC7OC(C(=O)O)C(O)C(OC8OC(CO)C(O)C(O)C8O)C7OC7OCC(O)C(O)C7O)C(C)(C=O)C6CCC5(C)C4(C)CCC23)C(OC2OC(C)C(OC3OCC(O)C(OC4OCC(O)C(O)C4O)C3O)C(O)C2O)C(O)C1O. The van der Waals surface area contributed by atoms with Crippen molar-refractivity contribution in [3.8, 4) is 0 Å². The first-order valence-corrected chi connectivity index (χ1v) is 36.3. The lowest BCUT2D eigenvalue weighted by Crippen LogP contribution is -2.68. The van der Waals surface area contributed by atoms with Gasteiger partial charge in [0.15, 0.2) is 49.9 Å². The lowest BCUT2D eigenvalue weighted by molar-refractivity contribution is -0.390. The van der Waals surface area contributed by atoms with Crippen molar-refractivity contribution in [2.75, 3.05) is 26.4 Å². The van der Waals surface area contributed by atoms with E-state index < -0.39 is 274 Å². The van der Waals surface area contributed by atoms with E-state index in [0.29, 0.717) is 44.9 Å². The fraction of sp³-hybridized carbons (Fsp3) is 0.928. The topological polar surface area (TPSA) is 545 Å². The molecule has 7 aliphatic heterocycles. The average molecular weight is 1500 g/mol. The van der Waals surface area contributed by atoms with Crippen molar-refractivity contribution >= 4 is 18.2 Å². The van der Waals surface area contributed by atoms with Crippen LogP contribution in [0.25, 0.3) is 0 Å². The van der Waals surface area contributed by atoms with Gasteiger partial charge in [-0.05, 0) is 117 Å². The highest BCUT2D eigenvalue weighted by Gasteiger charge is 2.70. The van der Waals surface area contributed by atoms with E-state index in [0.717, 1.165) is 12.7 Å². The maximum absolute atomic E-state index is 15.2. The molecular formula is C69H108O35. The number of aliphatic hydroxyl groups excluding tert-OH is 17. The lowest BCUT2D eigenvalue weighted by atomic mass is 9.34. The smallest absolute Gasteiger partial charge is 0.335 e. The summed E-state index contributed by atoms with van der Waals surface area (Å²) in [5.74, 6) is -3.88. The number of aldehydes is 1. The summed E-state index contributed by atoms with van der Waals surface area (Å²) < 4.78 is 83.3. The van der Waals surface area contributed by atoms with E-state index in [9.17, 15) is 102 Å². The first-order chi connectivity index (χ1) is 48.8. The molecule has 0 amide bonds. The number of fused-ring (bicyclic) bond motifs is 7. The second-order valence-electron chi connectivity index (χ2n) is 33.0. The maximum Gasteiger partial charge on any atom is 0.335 e. The average Bonchev–Trinajstić information content (AvgIpc) is 0.678. The van der Waals surface area contributed by atoms with Gasteiger partial charge >= 0.3 is 11.9 Å². The molecule has 7 heterocycles. The minimum atomic E-state index is -2.21. The van der Waals surface area contributed by atoms with Gasteiger partial charge in [0.1, 0.15) is 134 Å². The van der Waals surface area contributed by atoms with Crippen molar-refractivity contribution in [2.24, 2.45) is 56.7 Å². The molecule has 0 spiro atoms. The molecule has 12 aliphatic rings. The van der Waals surface area contributed by atoms with Crippen molar-refractivity contribution < 1.29 is 173 Å². The van der Waals surface area contributed by atoms with Crippen molar-refractivity contribution in [1.82, 2.24) is 0 Å². The summed E-state index contributed by atoms with van der Waals surface area (Å²) in [5, 5.41) is 196. The molecule has 35 nitrogen and oxygen atoms in total. The number of aliphatic hydroxyl groups is 17. The Bertz CT molecular complexity index is 3020. The first kappa shape index (κ1) is 80.7. The highest BCUT2D eigenvalue weighted by Crippen LogP contribution is 2.75. The zero-order chi connectivity index (χ0) is 75.7. The third-order valence-electron chi connectivity index (χ3n) is 26.2. The van der Waals surface area contributed by atoms with Crippen LogP contribution in [0, 0.1) is 56.7 Å². The molecule has 0 aromatic rings. The van der Waals surface area contributed by atoms with Gasteiger partial charge in [-0.2, -0.15) is 0 Å². The molecule has 42 atom stereocenters. The van der Waals surface area contributed by atoms with Crippen LogP contribution in [-0.4, -0.2) is 339 Å². The Hall–Kier alpha value is -2.85. The molecule has 12 rings (SSSR count). The maximum atomic E-state index is 15.2. The monoisotopic (exact) mass is 1500 g/mol. The Labute approximate surface area is 599 Å². The Kier molecular flexibility index (Phi) is 23.8. The molecule has 42 unspecified atom stereocenters. The van der Waals surface area contributed by atoms with Gasteiger partial charge in [0, 0.05) is 0 Å². The summed E-state index contributed by atoms with van der Waals surface area (Å²) in [5.41, 5.74) is -1.98. The van der Waals surface area contributed by atoms with E-state index >= 15 is 4.79 Å². The molecule has 7 saturated heterocycles. The molecule has 11 fully saturated rings. The molecule has 0 bridgehead atoms. The van der Waals surface area contributed by atoms with Gasteiger partial charge in [-0.25, -0.2) is 4.79 Å². The molecule has 594 valence electrons. The number of carboxylic acid groups (broad SMARTS) is 1.